The Hall–Kier alpha value is -2.77. The number of carbonyl (C=O) groups excluding carboxylic acids is 1. The Bertz CT molecular complexity index is 969. The third-order valence-corrected chi connectivity index (χ3v) is 4.60. The van der Waals surface area contributed by atoms with Gasteiger partial charge in [0.1, 0.15) is 0 Å². The van der Waals surface area contributed by atoms with Crippen LogP contribution < -0.4 is 0 Å². The molecule has 1 saturated carbocycles. The van der Waals surface area contributed by atoms with Gasteiger partial charge in [-0.3, -0.25) is 4.79 Å². The topological polar surface area (TPSA) is 89.9 Å². The van der Waals surface area contributed by atoms with Gasteiger partial charge in [-0.1, -0.05) is 5.16 Å². The maximum absolute atomic E-state index is 13.1. The van der Waals surface area contributed by atoms with E-state index in [2.05, 4.69) is 29.1 Å². The van der Waals surface area contributed by atoms with Crippen molar-refractivity contribution in [3.8, 4) is 0 Å². The summed E-state index contributed by atoms with van der Waals surface area (Å²) in [7, 11) is 1.74. The second kappa shape index (κ2) is 6.19. The average molecular weight is 354 g/mol. The van der Waals surface area contributed by atoms with Crippen LogP contribution in [0.15, 0.2) is 16.8 Å². The number of nitrogens with zero attached hydrogens (tertiary/aromatic N) is 6. The number of fused-ring (bicyclic) bond motifs is 1. The van der Waals surface area contributed by atoms with Crippen LogP contribution in [0.3, 0.4) is 0 Å². The van der Waals surface area contributed by atoms with Crippen molar-refractivity contribution in [1.82, 2.24) is 29.8 Å². The first-order chi connectivity index (χ1) is 12.4. The molecule has 1 aliphatic carbocycles. The van der Waals surface area contributed by atoms with Crippen LogP contribution in [0.4, 0.5) is 0 Å². The average Bonchev–Trinajstić information content (AvgIpc) is 3.24. The highest BCUT2D eigenvalue weighted by Gasteiger charge is 2.29. The fraction of sp³-hybridized carbons (Fsp3) is 0.500. The van der Waals surface area contributed by atoms with Crippen LogP contribution in [-0.2, 0) is 6.54 Å². The number of aromatic nitrogens is 5. The molecule has 1 aliphatic rings. The molecule has 3 aromatic rings. The first-order valence-corrected chi connectivity index (χ1v) is 8.87. The fourth-order valence-electron chi connectivity index (χ4n) is 3.08. The van der Waals surface area contributed by atoms with Gasteiger partial charge in [-0.05, 0) is 32.8 Å². The third-order valence-electron chi connectivity index (χ3n) is 4.60. The summed E-state index contributed by atoms with van der Waals surface area (Å²) in [4.78, 5) is 23.7. The second-order valence-electron chi connectivity index (χ2n) is 7.18. The quantitative estimate of drug-likeness (QED) is 0.700. The zero-order valence-corrected chi connectivity index (χ0v) is 15.4. The molecule has 4 rings (SSSR count). The van der Waals surface area contributed by atoms with Crippen molar-refractivity contribution >= 4 is 16.9 Å². The van der Waals surface area contributed by atoms with E-state index in [0.717, 1.165) is 29.6 Å². The minimum absolute atomic E-state index is 0.0925. The van der Waals surface area contributed by atoms with Crippen molar-refractivity contribution in [2.24, 2.45) is 0 Å². The molecule has 0 spiro atoms. The van der Waals surface area contributed by atoms with E-state index in [4.69, 9.17) is 9.51 Å². The van der Waals surface area contributed by atoms with E-state index in [1.165, 1.54) is 0 Å². The highest BCUT2D eigenvalue weighted by Crippen LogP contribution is 2.40. The van der Waals surface area contributed by atoms with Gasteiger partial charge < -0.3 is 9.42 Å². The summed E-state index contributed by atoms with van der Waals surface area (Å²) in [5, 5.41) is 9.10. The van der Waals surface area contributed by atoms with E-state index in [9.17, 15) is 4.79 Å². The first kappa shape index (κ1) is 16.7. The molecule has 0 bridgehead atoms. The zero-order valence-electron chi connectivity index (χ0n) is 15.4. The molecule has 1 amide bonds. The van der Waals surface area contributed by atoms with Gasteiger partial charge in [0.2, 0.25) is 5.89 Å². The molecule has 0 aromatic carbocycles. The van der Waals surface area contributed by atoms with Gasteiger partial charge in [0.05, 0.1) is 23.7 Å². The number of pyridine rings is 1. The molecular formula is C18H22N6O2. The maximum Gasteiger partial charge on any atom is 0.254 e. The lowest BCUT2D eigenvalue weighted by atomic mass is 10.1. The SMILES string of the molecule is Cc1nc(CN(C)C(=O)c2cc(C3CC3)nc3c2cnn3C(C)C)no1. The lowest BCUT2D eigenvalue weighted by Gasteiger charge is -2.16. The summed E-state index contributed by atoms with van der Waals surface area (Å²) in [6.07, 6.45) is 3.98. The van der Waals surface area contributed by atoms with E-state index >= 15 is 0 Å². The number of hydrogen-bond donors (Lipinski definition) is 0. The van der Waals surface area contributed by atoms with Crippen LogP contribution in [0, 0.1) is 6.92 Å². The van der Waals surface area contributed by atoms with Gasteiger partial charge in [-0.2, -0.15) is 10.1 Å². The maximum atomic E-state index is 13.1. The minimum Gasteiger partial charge on any atom is -0.340 e. The van der Waals surface area contributed by atoms with E-state index in [0.29, 0.717) is 23.2 Å². The van der Waals surface area contributed by atoms with Crippen LogP contribution in [0.5, 0.6) is 0 Å². The highest BCUT2D eigenvalue weighted by atomic mass is 16.5. The molecule has 3 aromatic heterocycles. The standard InChI is InChI=1S/C18H22N6O2/c1-10(2)24-17-14(8-19-24)13(7-15(21-17)12-5-6-12)18(25)23(4)9-16-20-11(3)26-22-16/h7-8,10,12H,5-6,9H2,1-4H3. The minimum atomic E-state index is -0.0925. The Morgan fingerprint density at radius 1 is 1.38 bits per heavy atom. The Morgan fingerprint density at radius 2 is 2.15 bits per heavy atom. The first-order valence-electron chi connectivity index (χ1n) is 8.87. The Labute approximate surface area is 151 Å². The van der Waals surface area contributed by atoms with Crippen LogP contribution in [0.2, 0.25) is 0 Å². The second-order valence-corrected chi connectivity index (χ2v) is 7.18. The van der Waals surface area contributed by atoms with Crippen molar-refractivity contribution in [3.05, 3.63) is 35.2 Å². The summed E-state index contributed by atoms with van der Waals surface area (Å²) in [5.74, 6) is 1.34. The molecule has 8 nitrogen and oxygen atoms in total. The van der Waals surface area contributed by atoms with Gasteiger partial charge >= 0.3 is 0 Å². The number of rotatable bonds is 5. The lowest BCUT2D eigenvalue weighted by molar-refractivity contribution is 0.0782. The van der Waals surface area contributed by atoms with E-state index in [-0.39, 0.29) is 18.5 Å². The molecule has 0 aliphatic heterocycles. The smallest absolute Gasteiger partial charge is 0.254 e. The van der Waals surface area contributed by atoms with Gasteiger partial charge in [0, 0.05) is 31.6 Å². The summed E-state index contributed by atoms with van der Waals surface area (Å²) < 4.78 is 6.86. The van der Waals surface area contributed by atoms with Crippen LogP contribution >= 0.6 is 0 Å². The summed E-state index contributed by atoms with van der Waals surface area (Å²) in [5.41, 5.74) is 2.38. The van der Waals surface area contributed by atoms with Gasteiger partial charge in [0.25, 0.3) is 5.91 Å². The van der Waals surface area contributed by atoms with Gasteiger partial charge in [0.15, 0.2) is 11.5 Å². The normalized spacial score (nSPS) is 14.3. The van der Waals surface area contributed by atoms with Gasteiger partial charge in [-0.15, -0.1) is 0 Å². The Kier molecular flexibility index (Phi) is 3.97. The molecule has 0 radical (unpaired) electrons. The van der Waals surface area contributed by atoms with Crippen molar-refractivity contribution < 1.29 is 9.32 Å². The van der Waals surface area contributed by atoms with Crippen molar-refractivity contribution in [2.45, 2.75) is 52.1 Å². The molecular weight excluding hydrogens is 332 g/mol. The third kappa shape index (κ3) is 2.95. The van der Waals surface area contributed by atoms with Crippen LogP contribution in [0.25, 0.3) is 11.0 Å². The van der Waals surface area contributed by atoms with Crippen molar-refractivity contribution in [2.75, 3.05) is 7.05 Å². The molecule has 1 fully saturated rings. The molecule has 3 heterocycles. The summed E-state index contributed by atoms with van der Waals surface area (Å²) in [6, 6.07) is 2.10. The van der Waals surface area contributed by atoms with Crippen LogP contribution in [-0.4, -0.2) is 42.8 Å². The highest BCUT2D eigenvalue weighted by molar-refractivity contribution is 6.05. The van der Waals surface area contributed by atoms with Crippen molar-refractivity contribution in [1.29, 1.82) is 0 Å². The fourth-order valence-corrected chi connectivity index (χ4v) is 3.08. The number of hydrogen-bond acceptors (Lipinski definition) is 6. The molecule has 136 valence electrons. The lowest BCUT2D eigenvalue weighted by Crippen LogP contribution is -2.27. The molecule has 0 unspecified atom stereocenters. The molecule has 8 heteroatoms. The van der Waals surface area contributed by atoms with E-state index in [1.54, 1.807) is 25.1 Å². The molecule has 0 N–H and O–H groups in total. The van der Waals surface area contributed by atoms with Crippen LogP contribution in [0.1, 0.15) is 66.4 Å². The van der Waals surface area contributed by atoms with Crippen molar-refractivity contribution in [3.63, 3.8) is 0 Å². The predicted octanol–water partition coefficient (Wildman–Crippen LogP) is 2.85. The number of amides is 1. The summed E-state index contributed by atoms with van der Waals surface area (Å²) >= 11 is 0. The number of aryl methyl sites for hydroxylation is 1. The Balaban J connectivity index is 1.73. The molecule has 26 heavy (non-hydrogen) atoms. The number of carbonyl (C=O) groups is 1. The Morgan fingerprint density at radius 3 is 2.77 bits per heavy atom. The largest absolute Gasteiger partial charge is 0.340 e. The van der Waals surface area contributed by atoms with E-state index < -0.39 is 0 Å². The summed E-state index contributed by atoms with van der Waals surface area (Å²) in [6.45, 7) is 6.14. The predicted molar refractivity (Wildman–Crippen MR) is 94.7 cm³/mol. The molecule has 0 saturated heterocycles. The molecule has 0 atom stereocenters. The van der Waals surface area contributed by atoms with E-state index in [1.807, 2.05) is 10.7 Å². The monoisotopic (exact) mass is 354 g/mol. The van der Waals surface area contributed by atoms with Gasteiger partial charge in [-0.25, -0.2) is 9.67 Å². The zero-order chi connectivity index (χ0) is 18.4.